The van der Waals surface area contributed by atoms with Gasteiger partial charge in [-0.25, -0.2) is 9.79 Å². The van der Waals surface area contributed by atoms with E-state index < -0.39 is 44.5 Å². The second kappa shape index (κ2) is 11.3. The van der Waals surface area contributed by atoms with Crippen LogP contribution < -0.4 is 19.6 Å². The maximum absolute atomic E-state index is 13.7. The standard InChI is InChI=1S/C26H22N4O9S/c1-4-10-39-17-8-6-16(7-9-17)22-21(25(33)38-5-2)14(3)27-26-28(22)24(32)20(40-26)13-15-11-18(29(34)35)23(31)19(12-15)30(36)37/h4,6-9,11-13,22,31H,1,5,10H2,2-3H3/b20-13-/t22-/m0/s1. The van der Waals surface area contributed by atoms with Crippen LogP contribution in [0.4, 0.5) is 11.4 Å². The van der Waals surface area contributed by atoms with Crippen LogP contribution in [0.1, 0.15) is 31.0 Å². The molecule has 0 fully saturated rings. The zero-order valence-electron chi connectivity index (χ0n) is 21.2. The maximum atomic E-state index is 13.7. The molecule has 0 radical (unpaired) electrons. The zero-order chi connectivity index (χ0) is 29.1. The lowest BCUT2D eigenvalue weighted by atomic mass is 9.96. The van der Waals surface area contributed by atoms with E-state index in [0.29, 0.717) is 17.0 Å². The van der Waals surface area contributed by atoms with Crippen molar-refractivity contribution in [3.05, 3.63) is 111 Å². The number of aromatic hydroxyl groups is 1. The summed E-state index contributed by atoms with van der Waals surface area (Å²) in [5.74, 6) is -1.20. The van der Waals surface area contributed by atoms with Gasteiger partial charge >= 0.3 is 17.3 Å². The third kappa shape index (κ3) is 5.24. The Kier molecular flexibility index (Phi) is 7.90. The molecule has 0 amide bonds. The number of phenols is 1. The van der Waals surface area contributed by atoms with Gasteiger partial charge in [0.25, 0.3) is 11.3 Å². The minimum Gasteiger partial charge on any atom is -0.497 e. The highest BCUT2D eigenvalue weighted by molar-refractivity contribution is 7.07. The van der Waals surface area contributed by atoms with Gasteiger partial charge < -0.3 is 14.6 Å². The molecule has 0 aliphatic carbocycles. The summed E-state index contributed by atoms with van der Waals surface area (Å²) in [6.45, 7) is 7.26. The van der Waals surface area contributed by atoms with E-state index in [9.17, 15) is 34.9 Å². The van der Waals surface area contributed by atoms with Gasteiger partial charge in [-0.05, 0) is 43.2 Å². The monoisotopic (exact) mass is 566 g/mol. The Morgan fingerprint density at radius 2 is 1.82 bits per heavy atom. The lowest BCUT2D eigenvalue weighted by molar-refractivity contribution is -0.396. The molecule has 2 aromatic carbocycles. The number of thiazole rings is 1. The summed E-state index contributed by atoms with van der Waals surface area (Å²) in [5, 5.41) is 32.7. The largest absolute Gasteiger partial charge is 0.497 e. The summed E-state index contributed by atoms with van der Waals surface area (Å²) in [4.78, 5) is 52.2. The lowest BCUT2D eigenvalue weighted by Crippen LogP contribution is -2.39. The van der Waals surface area contributed by atoms with Gasteiger partial charge in [0.15, 0.2) is 4.80 Å². The van der Waals surface area contributed by atoms with Crippen molar-refractivity contribution in [3.8, 4) is 11.5 Å². The number of benzene rings is 2. The number of nitro groups is 2. The van der Waals surface area contributed by atoms with E-state index in [-0.39, 0.29) is 33.7 Å². The highest BCUT2D eigenvalue weighted by Crippen LogP contribution is 2.37. The van der Waals surface area contributed by atoms with E-state index in [1.807, 2.05) is 0 Å². The van der Waals surface area contributed by atoms with E-state index in [0.717, 1.165) is 23.5 Å². The number of rotatable bonds is 9. The highest BCUT2D eigenvalue weighted by Gasteiger charge is 2.33. The number of esters is 1. The lowest BCUT2D eigenvalue weighted by Gasteiger charge is -2.24. The number of hydrogen-bond acceptors (Lipinski definition) is 11. The van der Waals surface area contributed by atoms with Crippen LogP contribution in [-0.4, -0.2) is 38.7 Å². The Balaban J connectivity index is 1.93. The van der Waals surface area contributed by atoms with Crippen LogP contribution in [0.5, 0.6) is 11.5 Å². The number of allylic oxidation sites excluding steroid dienone is 1. The molecule has 14 heteroatoms. The fourth-order valence-electron chi connectivity index (χ4n) is 4.15. The highest BCUT2D eigenvalue weighted by atomic mass is 32.1. The molecule has 1 aliphatic heterocycles. The van der Waals surface area contributed by atoms with Crippen molar-refractivity contribution in [1.82, 2.24) is 4.57 Å². The number of hydrogen-bond donors (Lipinski definition) is 1. The van der Waals surface area contributed by atoms with Crippen LogP contribution >= 0.6 is 11.3 Å². The van der Waals surface area contributed by atoms with Crippen LogP contribution in [0.3, 0.4) is 0 Å². The van der Waals surface area contributed by atoms with Gasteiger partial charge in [0.2, 0.25) is 0 Å². The first-order valence-corrected chi connectivity index (χ1v) is 12.6. The molecule has 2 heterocycles. The van der Waals surface area contributed by atoms with Gasteiger partial charge in [-0.3, -0.25) is 29.6 Å². The first-order valence-electron chi connectivity index (χ1n) is 11.8. The maximum Gasteiger partial charge on any atom is 0.338 e. The zero-order valence-corrected chi connectivity index (χ0v) is 22.0. The summed E-state index contributed by atoms with van der Waals surface area (Å²) in [5.41, 5.74) is -1.37. The van der Waals surface area contributed by atoms with Crippen molar-refractivity contribution >= 4 is 34.8 Å². The average Bonchev–Trinajstić information content (AvgIpc) is 3.21. The molecule has 0 unspecified atom stereocenters. The molecular formula is C26H22N4O9S. The SMILES string of the molecule is C=CCOc1ccc([C@H]2C(C(=O)OCC)=C(C)N=c3s/c(=C\c4cc([N+](=O)[O-])c(O)c([N+](=O)[O-])c4)c(=O)n32)cc1. The summed E-state index contributed by atoms with van der Waals surface area (Å²) in [6.07, 6.45) is 2.82. The Morgan fingerprint density at radius 1 is 1.20 bits per heavy atom. The number of nitro benzene ring substituents is 2. The van der Waals surface area contributed by atoms with Crippen molar-refractivity contribution in [2.45, 2.75) is 19.9 Å². The summed E-state index contributed by atoms with van der Waals surface area (Å²) >= 11 is 0.937. The second-order valence-corrected chi connectivity index (χ2v) is 9.40. The smallest absolute Gasteiger partial charge is 0.338 e. The van der Waals surface area contributed by atoms with Crippen molar-refractivity contribution in [1.29, 1.82) is 0 Å². The number of ether oxygens (including phenoxy) is 2. The number of phenolic OH excluding ortho intramolecular Hbond substituents is 1. The number of aromatic nitrogens is 1. The number of carbonyl (C=O) groups excluding carboxylic acids is 1. The van der Waals surface area contributed by atoms with E-state index in [1.165, 1.54) is 10.6 Å². The van der Waals surface area contributed by atoms with Crippen LogP contribution in [-0.2, 0) is 9.53 Å². The number of nitrogens with zero attached hydrogens (tertiary/aromatic N) is 4. The Bertz CT molecular complexity index is 1720. The summed E-state index contributed by atoms with van der Waals surface area (Å²) < 4.78 is 12.1. The van der Waals surface area contributed by atoms with E-state index >= 15 is 0 Å². The molecule has 3 aromatic rings. The van der Waals surface area contributed by atoms with Crippen molar-refractivity contribution in [2.24, 2.45) is 4.99 Å². The van der Waals surface area contributed by atoms with Gasteiger partial charge in [0, 0.05) is 12.1 Å². The van der Waals surface area contributed by atoms with Crippen LogP contribution in [0.25, 0.3) is 6.08 Å². The molecule has 1 aliphatic rings. The van der Waals surface area contributed by atoms with E-state index in [2.05, 4.69) is 11.6 Å². The van der Waals surface area contributed by atoms with Crippen molar-refractivity contribution in [2.75, 3.05) is 13.2 Å². The fraction of sp³-hybridized carbons (Fsp3) is 0.192. The van der Waals surface area contributed by atoms with Gasteiger partial charge in [-0.15, -0.1) is 0 Å². The average molecular weight is 567 g/mol. The first kappa shape index (κ1) is 27.9. The van der Waals surface area contributed by atoms with Crippen LogP contribution in [0, 0.1) is 20.2 Å². The molecular weight excluding hydrogens is 544 g/mol. The number of carbonyl (C=O) groups is 1. The van der Waals surface area contributed by atoms with Crippen LogP contribution in [0.15, 0.2) is 70.1 Å². The van der Waals surface area contributed by atoms with Gasteiger partial charge in [-0.1, -0.05) is 36.1 Å². The van der Waals surface area contributed by atoms with E-state index in [4.69, 9.17) is 9.47 Å². The Hall–Kier alpha value is -5.11. The summed E-state index contributed by atoms with van der Waals surface area (Å²) in [7, 11) is 0. The van der Waals surface area contributed by atoms with Crippen molar-refractivity contribution < 1.29 is 29.2 Å². The number of fused-ring (bicyclic) bond motifs is 1. The molecule has 1 atom stereocenters. The van der Waals surface area contributed by atoms with Gasteiger partial charge in [0.05, 0.1) is 38.3 Å². The molecule has 0 saturated carbocycles. The molecule has 0 spiro atoms. The molecule has 0 bridgehead atoms. The molecule has 206 valence electrons. The minimum absolute atomic E-state index is 0.0434. The first-order chi connectivity index (χ1) is 19.1. The minimum atomic E-state index is -1.09. The Labute approximate surface area is 229 Å². The normalized spacial score (nSPS) is 14.8. The molecule has 0 saturated heterocycles. The molecule has 40 heavy (non-hydrogen) atoms. The van der Waals surface area contributed by atoms with E-state index in [1.54, 1.807) is 44.2 Å². The summed E-state index contributed by atoms with van der Waals surface area (Å²) in [6, 6.07) is 7.69. The fourth-order valence-corrected chi connectivity index (χ4v) is 5.19. The molecule has 1 N–H and O–H groups in total. The molecule has 4 rings (SSSR count). The van der Waals surface area contributed by atoms with Crippen molar-refractivity contribution in [3.63, 3.8) is 0 Å². The van der Waals surface area contributed by atoms with Gasteiger partial charge in [-0.2, -0.15) is 0 Å². The topological polar surface area (TPSA) is 176 Å². The van der Waals surface area contributed by atoms with Crippen LogP contribution in [0.2, 0.25) is 0 Å². The van der Waals surface area contributed by atoms with Gasteiger partial charge in [0.1, 0.15) is 12.4 Å². The Morgan fingerprint density at radius 3 is 2.38 bits per heavy atom. The predicted octanol–water partition coefficient (Wildman–Crippen LogP) is 2.89. The second-order valence-electron chi connectivity index (χ2n) is 8.39. The quantitative estimate of drug-likeness (QED) is 0.177. The third-order valence-corrected chi connectivity index (χ3v) is 6.85. The third-order valence-electron chi connectivity index (χ3n) is 5.86. The molecule has 1 aromatic heterocycles. The predicted molar refractivity (Wildman–Crippen MR) is 144 cm³/mol. The molecule has 13 nitrogen and oxygen atoms in total.